The van der Waals surface area contributed by atoms with Crippen molar-refractivity contribution in [1.82, 2.24) is 15.1 Å². The summed E-state index contributed by atoms with van der Waals surface area (Å²) in [5.41, 5.74) is 3.24. The zero-order valence-electron chi connectivity index (χ0n) is 21.6. The molecular formula is C28H36Cl2N4O3. The van der Waals surface area contributed by atoms with E-state index < -0.39 is 6.04 Å². The standard InChI is InChI=1S/C28H36Cl2N4O3/c1-20(19-37-2)31-18-22-6-3-4-7-25(22)32-12-14-33(15-13-32)28(36)26(34-11-5-8-27(34)35)16-21-9-10-23(29)17-24(21)30/h3-4,6-7,9-10,17,20,26,31H,5,8,11-16,18-19H2,1-2H3/t20-,26?/m0/s1. The minimum absolute atomic E-state index is 0.00995. The molecule has 2 heterocycles. The summed E-state index contributed by atoms with van der Waals surface area (Å²) < 4.78 is 5.24. The van der Waals surface area contributed by atoms with Gasteiger partial charge in [0.2, 0.25) is 11.8 Å². The van der Waals surface area contributed by atoms with Crippen molar-refractivity contribution in [2.24, 2.45) is 0 Å². The maximum Gasteiger partial charge on any atom is 0.245 e. The Morgan fingerprint density at radius 1 is 1.05 bits per heavy atom. The number of likely N-dealkylation sites (tertiary alicyclic amines) is 1. The number of hydrogen-bond acceptors (Lipinski definition) is 5. The Bertz CT molecular complexity index is 1090. The van der Waals surface area contributed by atoms with Crippen LogP contribution in [0.1, 0.15) is 30.9 Å². The highest BCUT2D eigenvalue weighted by molar-refractivity contribution is 6.35. The molecule has 2 atom stereocenters. The maximum atomic E-state index is 13.8. The number of rotatable bonds is 10. The van der Waals surface area contributed by atoms with Gasteiger partial charge in [-0.1, -0.05) is 47.5 Å². The summed E-state index contributed by atoms with van der Waals surface area (Å²) in [4.78, 5) is 32.4. The minimum atomic E-state index is -0.556. The number of para-hydroxylation sites is 1. The van der Waals surface area contributed by atoms with Crippen molar-refractivity contribution in [2.75, 3.05) is 51.3 Å². The van der Waals surface area contributed by atoms with Gasteiger partial charge in [-0.05, 0) is 42.7 Å². The molecule has 2 fully saturated rings. The molecule has 7 nitrogen and oxygen atoms in total. The molecule has 0 spiro atoms. The lowest BCUT2D eigenvalue weighted by Crippen LogP contribution is -2.56. The number of ether oxygens (including phenoxy) is 1. The number of benzene rings is 2. The zero-order chi connectivity index (χ0) is 26.4. The summed E-state index contributed by atoms with van der Waals surface area (Å²) in [7, 11) is 1.71. The second-order valence-electron chi connectivity index (χ2n) is 9.82. The number of nitrogens with one attached hydrogen (secondary N) is 1. The Balaban J connectivity index is 1.44. The predicted octanol–water partition coefficient (Wildman–Crippen LogP) is 4.00. The van der Waals surface area contributed by atoms with E-state index in [-0.39, 0.29) is 17.9 Å². The molecule has 0 bridgehead atoms. The van der Waals surface area contributed by atoms with Gasteiger partial charge in [0.1, 0.15) is 6.04 Å². The lowest BCUT2D eigenvalue weighted by molar-refractivity contribution is -0.143. The van der Waals surface area contributed by atoms with Crippen LogP contribution in [0.3, 0.4) is 0 Å². The summed E-state index contributed by atoms with van der Waals surface area (Å²) in [5.74, 6) is 0.0236. The van der Waals surface area contributed by atoms with Gasteiger partial charge < -0.3 is 24.8 Å². The number of halogens is 2. The van der Waals surface area contributed by atoms with E-state index in [9.17, 15) is 9.59 Å². The third kappa shape index (κ3) is 6.96. The normalized spacial score (nSPS) is 17.8. The fraction of sp³-hybridized carbons (Fsp3) is 0.500. The molecule has 4 rings (SSSR count). The molecule has 0 aliphatic carbocycles. The molecule has 2 saturated heterocycles. The number of nitrogens with zero attached hydrogens (tertiary/aromatic N) is 3. The lowest BCUT2D eigenvalue weighted by Gasteiger charge is -2.40. The quantitative estimate of drug-likeness (QED) is 0.488. The number of piperazine rings is 1. The van der Waals surface area contributed by atoms with Crippen molar-refractivity contribution >= 4 is 40.7 Å². The Kier molecular flexibility index (Phi) is 9.71. The second kappa shape index (κ2) is 13.0. The number of amides is 2. The first-order valence-electron chi connectivity index (χ1n) is 12.9. The molecule has 2 aliphatic rings. The highest BCUT2D eigenvalue weighted by atomic mass is 35.5. The summed E-state index contributed by atoms with van der Waals surface area (Å²) in [6.07, 6.45) is 1.65. The van der Waals surface area contributed by atoms with Crippen molar-refractivity contribution in [1.29, 1.82) is 0 Å². The minimum Gasteiger partial charge on any atom is -0.383 e. The van der Waals surface area contributed by atoms with Gasteiger partial charge >= 0.3 is 0 Å². The van der Waals surface area contributed by atoms with Gasteiger partial charge in [0.15, 0.2) is 0 Å². The Morgan fingerprint density at radius 2 is 1.81 bits per heavy atom. The van der Waals surface area contributed by atoms with Crippen LogP contribution in [-0.2, 0) is 27.3 Å². The Hall–Kier alpha value is -2.32. The molecule has 0 aromatic heterocycles. The van der Waals surface area contributed by atoms with Crippen LogP contribution in [0.15, 0.2) is 42.5 Å². The van der Waals surface area contributed by atoms with Crippen LogP contribution in [-0.4, -0.2) is 80.1 Å². The Labute approximate surface area is 229 Å². The van der Waals surface area contributed by atoms with Crippen molar-refractivity contribution in [3.63, 3.8) is 0 Å². The largest absolute Gasteiger partial charge is 0.383 e. The van der Waals surface area contributed by atoms with E-state index in [2.05, 4.69) is 41.4 Å². The average molecular weight is 548 g/mol. The predicted molar refractivity (Wildman–Crippen MR) is 148 cm³/mol. The fourth-order valence-corrected chi connectivity index (χ4v) is 5.65. The molecule has 1 N–H and O–H groups in total. The van der Waals surface area contributed by atoms with Crippen molar-refractivity contribution in [2.45, 2.75) is 44.8 Å². The average Bonchev–Trinajstić information content (AvgIpc) is 3.32. The first-order chi connectivity index (χ1) is 17.9. The van der Waals surface area contributed by atoms with Crippen LogP contribution in [0.4, 0.5) is 5.69 Å². The van der Waals surface area contributed by atoms with E-state index >= 15 is 0 Å². The van der Waals surface area contributed by atoms with Crippen molar-refractivity contribution in [3.05, 3.63) is 63.6 Å². The van der Waals surface area contributed by atoms with Gasteiger partial charge in [-0.25, -0.2) is 0 Å². The molecular weight excluding hydrogens is 511 g/mol. The highest BCUT2D eigenvalue weighted by Gasteiger charge is 2.36. The van der Waals surface area contributed by atoms with Crippen LogP contribution >= 0.6 is 23.2 Å². The molecule has 1 unspecified atom stereocenters. The van der Waals surface area contributed by atoms with Crippen molar-refractivity contribution in [3.8, 4) is 0 Å². The zero-order valence-corrected chi connectivity index (χ0v) is 23.1. The summed E-state index contributed by atoms with van der Waals surface area (Å²) in [6.45, 7) is 6.79. The number of anilines is 1. The van der Waals surface area contributed by atoms with E-state index in [1.807, 2.05) is 11.0 Å². The van der Waals surface area contributed by atoms with Crippen LogP contribution in [0.25, 0.3) is 0 Å². The monoisotopic (exact) mass is 546 g/mol. The Morgan fingerprint density at radius 3 is 2.49 bits per heavy atom. The van der Waals surface area contributed by atoms with Crippen LogP contribution in [0, 0.1) is 0 Å². The van der Waals surface area contributed by atoms with Crippen LogP contribution in [0.5, 0.6) is 0 Å². The lowest BCUT2D eigenvalue weighted by atomic mass is 10.0. The molecule has 37 heavy (non-hydrogen) atoms. The van der Waals surface area contributed by atoms with E-state index in [1.165, 1.54) is 11.3 Å². The summed E-state index contributed by atoms with van der Waals surface area (Å²) in [6, 6.07) is 13.4. The highest BCUT2D eigenvalue weighted by Crippen LogP contribution is 2.27. The SMILES string of the molecule is COC[C@H](C)NCc1ccccc1N1CCN(C(=O)C(Cc2ccc(Cl)cc2Cl)N2CCCC2=O)CC1. The van der Waals surface area contributed by atoms with E-state index in [1.54, 1.807) is 24.1 Å². The third-order valence-corrected chi connectivity index (χ3v) is 7.77. The molecule has 0 saturated carbocycles. The van der Waals surface area contributed by atoms with E-state index in [0.717, 1.165) is 31.6 Å². The van der Waals surface area contributed by atoms with Crippen LogP contribution < -0.4 is 10.2 Å². The fourth-order valence-electron chi connectivity index (χ4n) is 5.17. The van der Waals surface area contributed by atoms with Crippen LogP contribution in [0.2, 0.25) is 10.0 Å². The molecule has 2 aliphatic heterocycles. The van der Waals surface area contributed by atoms with Gasteiger partial charge in [0.25, 0.3) is 0 Å². The van der Waals surface area contributed by atoms with Gasteiger partial charge in [-0.3, -0.25) is 9.59 Å². The summed E-state index contributed by atoms with van der Waals surface area (Å²) in [5, 5.41) is 4.58. The van der Waals surface area contributed by atoms with Gasteiger partial charge in [-0.2, -0.15) is 0 Å². The number of carbonyl (C=O) groups excluding carboxylic acids is 2. The van der Waals surface area contributed by atoms with Crippen molar-refractivity contribution < 1.29 is 14.3 Å². The van der Waals surface area contributed by atoms with E-state index in [4.69, 9.17) is 27.9 Å². The summed E-state index contributed by atoms with van der Waals surface area (Å²) >= 11 is 12.5. The molecule has 9 heteroatoms. The molecule has 2 amide bonds. The molecule has 2 aromatic carbocycles. The number of carbonyl (C=O) groups is 2. The second-order valence-corrected chi connectivity index (χ2v) is 10.7. The van der Waals surface area contributed by atoms with E-state index in [0.29, 0.717) is 49.1 Å². The molecule has 0 radical (unpaired) electrons. The van der Waals surface area contributed by atoms with Gasteiger partial charge in [0, 0.05) is 81.0 Å². The third-order valence-electron chi connectivity index (χ3n) is 7.18. The van der Waals surface area contributed by atoms with Gasteiger partial charge in [-0.15, -0.1) is 0 Å². The number of methoxy groups -OCH3 is 1. The smallest absolute Gasteiger partial charge is 0.245 e. The topological polar surface area (TPSA) is 65.1 Å². The first kappa shape index (κ1) is 27.7. The number of hydrogen-bond donors (Lipinski definition) is 1. The molecule has 2 aromatic rings. The van der Waals surface area contributed by atoms with Gasteiger partial charge in [0.05, 0.1) is 6.61 Å². The maximum absolute atomic E-state index is 13.8. The molecule has 200 valence electrons. The first-order valence-corrected chi connectivity index (χ1v) is 13.7.